The molecule has 4 N–H and O–H groups in total. The number of aromatic hydroxyl groups is 1. The van der Waals surface area contributed by atoms with Crippen molar-refractivity contribution in [2.75, 3.05) is 31.1 Å². The van der Waals surface area contributed by atoms with Gasteiger partial charge in [0, 0.05) is 54.4 Å². The van der Waals surface area contributed by atoms with Crippen molar-refractivity contribution in [3.8, 4) is 5.75 Å². The van der Waals surface area contributed by atoms with Gasteiger partial charge in [-0.2, -0.15) is 0 Å². The van der Waals surface area contributed by atoms with Crippen LogP contribution in [0, 0.1) is 5.41 Å². The number of phenols is 1. The van der Waals surface area contributed by atoms with Crippen LogP contribution in [0.4, 0.5) is 5.69 Å². The van der Waals surface area contributed by atoms with E-state index < -0.39 is 0 Å². The fourth-order valence-corrected chi connectivity index (χ4v) is 5.58. The van der Waals surface area contributed by atoms with Gasteiger partial charge < -0.3 is 26.0 Å². The van der Waals surface area contributed by atoms with Crippen LogP contribution in [0.3, 0.4) is 0 Å². The highest BCUT2D eigenvalue weighted by atomic mass is 16.3. The second-order valence-electron chi connectivity index (χ2n) is 12.0. The zero-order valence-electron chi connectivity index (χ0n) is 24.2. The average Bonchev–Trinajstić information content (AvgIpc) is 3.22. The third-order valence-electron chi connectivity index (χ3n) is 8.41. The first kappa shape index (κ1) is 29.3. The van der Waals surface area contributed by atoms with Gasteiger partial charge in [0.25, 0.3) is 11.8 Å². The zero-order chi connectivity index (χ0) is 29.7. The van der Waals surface area contributed by atoms with Crippen LogP contribution in [0.2, 0.25) is 0 Å². The summed E-state index contributed by atoms with van der Waals surface area (Å²) in [5.41, 5.74) is 2.79. The SMILES string of the molecule is CC1(C)CCN(c2ccc(O)c(C(=O)c3ccc(C(=O)N[C@@H]4CCCNC[C@H]4NC(=O)c4ccncc4)cc3)c2)CC1. The average molecular weight is 570 g/mol. The summed E-state index contributed by atoms with van der Waals surface area (Å²) in [4.78, 5) is 45.6. The van der Waals surface area contributed by atoms with E-state index in [0.29, 0.717) is 35.1 Å². The number of phenolic OH excluding ortho intramolecular Hbond substituents is 1. The van der Waals surface area contributed by atoms with Crippen molar-refractivity contribution in [2.24, 2.45) is 5.41 Å². The molecule has 2 aliphatic rings. The number of nitrogens with zero attached hydrogens (tertiary/aromatic N) is 2. The van der Waals surface area contributed by atoms with Crippen molar-refractivity contribution >= 4 is 23.3 Å². The molecule has 5 rings (SSSR count). The third kappa shape index (κ3) is 6.97. The van der Waals surface area contributed by atoms with E-state index in [1.54, 1.807) is 60.9 Å². The fourth-order valence-electron chi connectivity index (χ4n) is 5.58. The predicted molar refractivity (Wildman–Crippen MR) is 162 cm³/mol. The number of aromatic nitrogens is 1. The molecule has 2 atom stereocenters. The number of pyridine rings is 1. The van der Waals surface area contributed by atoms with Crippen LogP contribution in [-0.4, -0.2) is 66.0 Å². The van der Waals surface area contributed by atoms with Crippen LogP contribution in [0.25, 0.3) is 0 Å². The molecule has 9 nitrogen and oxygen atoms in total. The maximum Gasteiger partial charge on any atom is 0.251 e. The summed E-state index contributed by atoms with van der Waals surface area (Å²) in [5.74, 6) is -0.858. The highest BCUT2D eigenvalue weighted by molar-refractivity contribution is 6.11. The summed E-state index contributed by atoms with van der Waals surface area (Å²) >= 11 is 0. The smallest absolute Gasteiger partial charge is 0.251 e. The monoisotopic (exact) mass is 569 g/mol. The molecule has 220 valence electrons. The molecule has 2 fully saturated rings. The number of rotatable bonds is 7. The normalized spacial score (nSPS) is 20.3. The van der Waals surface area contributed by atoms with Gasteiger partial charge in [-0.3, -0.25) is 19.4 Å². The van der Waals surface area contributed by atoms with Crippen LogP contribution in [0.1, 0.15) is 76.2 Å². The summed E-state index contributed by atoms with van der Waals surface area (Å²) in [6, 6.07) is 14.4. The minimum atomic E-state index is -0.299. The Kier molecular flexibility index (Phi) is 8.87. The van der Waals surface area contributed by atoms with Crippen molar-refractivity contribution in [3.63, 3.8) is 0 Å². The van der Waals surface area contributed by atoms with Gasteiger partial charge in [0.2, 0.25) is 0 Å². The minimum absolute atomic E-state index is 0.0651. The topological polar surface area (TPSA) is 124 Å². The van der Waals surface area contributed by atoms with Gasteiger partial charge in [0.05, 0.1) is 17.6 Å². The second-order valence-corrected chi connectivity index (χ2v) is 12.0. The number of carbonyl (C=O) groups excluding carboxylic acids is 3. The molecular formula is C33H39N5O4. The van der Waals surface area contributed by atoms with Gasteiger partial charge in [0.15, 0.2) is 5.78 Å². The van der Waals surface area contributed by atoms with E-state index in [1.807, 2.05) is 6.07 Å². The molecular weight excluding hydrogens is 530 g/mol. The Labute approximate surface area is 246 Å². The predicted octanol–water partition coefficient (Wildman–Crippen LogP) is 3.93. The largest absolute Gasteiger partial charge is 0.507 e. The fraction of sp³-hybridized carbons (Fsp3) is 0.394. The maximum absolute atomic E-state index is 13.4. The van der Waals surface area contributed by atoms with E-state index in [2.05, 4.69) is 39.7 Å². The van der Waals surface area contributed by atoms with E-state index >= 15 is 0 Å². The van der Waals surface area contributed by atoms with E-state index in [1.165, 1.54) is 0 Å². The number of nitrogens with one attached hydrogen (secondary N) is 3. The maximum atomic E-state index is 13.4. The number of ketones is 1. The number of anilines is 1. The Morgan fingerprint density at radius 1 is 0.881 bits per heavy atom. The van der Waals surface area contributed by atoms with Gasteiger partial charge in [0.1, 0.15) is 5.75 Å². The van der Waals surface area contributed by atoms with Crippen molar-refractivity contribution in [2.45, 2.75) is 51.6 Å². The lowest BCUT2D eigenvalue weighted by atomic mass is 9.82. The molecule has 9 heteroatoms. The Morgan fingerprint density at radius 2 is 1.50 bits per heavy atom. The van der Waals surface area contributed by atoms with Crippen LogP contribution in [0.15, 0.2) is 67.0 Å². The summed E-state index contributed by atoms with van der Waals surface area (Å²) in [5, 5.41) is 20.0. The minimum Gasteiger partial charge on any atom is -0.507 e. The van der Waals surface area contributed by atoms with E-state index in [9.17, 15) is 19.5 Å². The van der Waals surface area contributed by atoms with Gasteiger partial charge in [-0.05, 0) is 80.1 Å². The zero-order valence-corrected chi connectivity index (χ0v) is 24.2. The lowest BCUT2D eigenvalue weighted by Gasteiger charge is -2.38. The number of hydrogen-bond acceptors (Lipinski definition) is 7. The van der Waals surface area contributed by atoms with E-state index in [-0.39, 0.29) is 41.0 Å². The van der Waals surface area contributed by atoms with Gasteiger partial charge in [-0.15, -0.1) is 0 Å². The molecule has 42 heavy (non-hydrogen) atoms. The van der Waals surface area contributed by atoms with Crippen molar-refractivity contribution in [1.29, 1.82) is 0 Å². The van der Waals surface area contributed by atoms with Crippen LogP contribution >= 0.6 is 0 Å². The molecule has 0 saturated carbocycles. The first-order valence-corrected chi connectivity index (χ1v) is 14.7. The van der Waals surface area contributed by atoms with Crippen molar-refractivity contribution in [3.05, 3.63) is 89.2 Å². The van der Waals surface area contributed by atoms with Crippen LogP contribution < -0.4 is 20.9 Å². The first-order chi connectivity index (χ1) is 20.2. The Balaban J connectivity index is 1.25. The molecule has 0 aliphatic carbocycles. The molecule has 2 aromatic carbocycles. The summed E-state index contributed by atoms with van der Waals surface area (Å²) < 4.78 is 0. The number of amides is 2. The summed E-state index contributed by atoms with van der Waals surface area (Å²) in [6.45, 7) is 7.69. The summed E-state index contributed by atoms with van der Waals surface area (Å²) in [6.07, 6.45) is 6.84. The third-order valence-corrected chi connectivity index (χ3v) is 8.41. The summed E-state index contributed by atoms with van der Waals surface area (Å²) in [7, 11) is 0. The van der Waals surface area contributed by atoms with Crippen molar-refractivity contribution < 1.29 is 19.5 Å². The Morgan fingerprint density at radius 3 is 2.19 bits per heavy atom. The highest BCUT2D eigenvalue weighted by Crippen LogP contribution is 2.34. The molecule has 0 radical (unpaired) electrons. The molecule has 0 unspecified atom stereocenters. The molecule has 0 spiro atoms. The lowest BCUT2D eigenvalue weighted by molar-refractivity contribution is 0.0882. The first-order valence-electron chi connectivity index (χ1n) is 14.7. The van der Waals surface area contributed by atoms with Gasteiger partial charge in [-0.1, -0.05) is 26.0 Å². The van der Waals surface area contributed by atoms with E-state index in [4.69, 9.17) is 0 Å². The van der Waals surface area contributed by atoms with E-state index in [0.717, 1.165) is 44.6 Å². The Hall–Kier alpha value is -4.24. The number of carbonyl (C=O) groups is 3. The number of benzene rings is 2. The number of piperidine rings is 1. The lowest BCUT2D eigenvalue weighted by Crippen LogP contribution is -2.54. The van der Waals surface area contributed by atoms with Crippen LogP contribution in [-0.2, 0) is 0 Å². The molecule has 3 heterocycles. The highest BCUT2D eigenvalue weighted by Gasteiger charge is 2.28. The Bertz CT molecular complexity index is 1410. The second kappa shape index (κ2) is 12.7. The van der Waals surface area contributed by atoms with Gasteiger partial charge in [-0.25, -0.2) is 0 Å². The molecule has 3 aromatic rings. The van der Waals surface area contributed by atoms with Crippen molar-refractivity contribution in [1.82, 2.24) is 20.9 Å². The standard InChI is InChI=1S/C33H39N5O4/c1-33(2)13-18-38(19-14-33)25-9-10-29(39)26(20-25)30(40)22-5-7-23(8-6-22)31(41)36-27-4-3-15-35-21-28(27)37-32(42)24-11-16-34-17-12-24/h5-12,16-17,20,27-28,35,39H,3-4,13-15,18-19,21H2,1-2H3,(H,36,41)(H,37,42)/t27-,28-/m1/s1. The molecule has 0 bridgehead atoms. The molecule has 1 aromatic heterocycles. The number of hydrogen-bond donors (Lipinski definition) is 4. The molecule has 2 saturated heterocycles. The molecule has 2 aliphatic heterocycles. The van der Waals surface area contributed by atoms with Crippen LogP contribution in [0.5, 0.6) is 5.75 Å². The molecule has 2 amide bonds. The van der Waals surface area contributed by atoms with Gasteiger partial charge >= 0.3 is 0 Å². The quantitative estimate of drug-likeness (QED) is 0.318.